The number of carbonyl (C=O) groups excluding carboxylic acids is 1. The second kappa shape index (κ2) is 9.04. The number of nitrogen functional groups attached to an aromatic ring is 1. The van der Waals surface area contributed by atoms with Crippen LogP contribution in [0.25, 0.3) is 0 Å². The van der Waals surface area contributed by atoms with Gasteiger partial charge in [0.05, 0.1) is 17.6 Å². The Morgan fingerprint density at radius 3 is 2.72 bits per heavy atom. The third-order valence-corrected chi connectivity index (χ3v) is 5.08. The van der Waals surface area contributed by atoms with Crippen molar-refractivity contribution in [2.45, 2.75) is 77.4 Å². The molecule has 0 spiro atoms. The Kier molecular flexibility index (Phi) is 7.05. The topological polar surface area (TPSA) is 97.2 Å². The summed E-state index contributed by atoms with van der Waals surface area (Å²) in [4.78, 5) is 27.3. The van der Waals surface area contributed by atoms with Crippen LogP contribution >= 0.6 is 0 Å². The first-order valence-corrected chi connectivity index (χ1v) is 9.33. The molecule has 1 fully saturated rings. The minimum absolute atomic E-state index is 0.141. The third-order valence-electron chi connectivity index (χ3n) is 5.08. The van der Waals surface area contributed by atoms with Crippen LogP contribution in [0.2, 0.25) is 0 Å². The summed E-state index contributed by atoms with van der Waals surface area (Å²) >= 11 is 0. The highest BCUT2D eigenvalue weighted by atomic mass is 16.5. The Balaban J connectivity index is 1.89. The molecule has 25 heavy (non-hydrogen) atoms. The van der Waals surface area contributed by atoms with Crippen LogP contribution < -0.4 is 16.6 Å². The number of anilines is 1. The molecular weight excluding hydrogens is 318 g/mol. The van der Waals surface area contributed by atoms with Gasteiger partial charge in [0.2, 0.25) is 5.91 Å². The molecule has 0 bridgehead atoms. The number of hydrogen-bond acceptors (Lipinski definition) is 4. The Morgan fingerprint density at radius 2 is 2.08 bits per heavy atom. The number of nitrogens with two attached hydrogens (primary N) is 1. The number of hydrogen-bond donors (Lipinski definition) is 3. The second-order valence-corrected chi connectivity index (χ2v) is 7.06. The van der Waals surface area contributed by atoms with Gasteiger partial charge in [-0.05, 0) is 51.5 Å². The molecule has 0 aromatic carbocycles. The maximum atomic E-state index is 12.6. The van der Waals surface area contributed by atoms with E-state index in [-0.39, 0.29) is 17.5 Å². The van der Waals surface area contributed by atoms with Gasteiger partial charge in [-0.25, -0.2) is 0 Å². The third kappa shape index (κ3) is 5.08. The van der Waals surface area contributed by atoms with Gasteiger partial charge in [0.15, 0.2) is 0 Å². The lowest BCUT2D eigenvalue weighted by molar-refractivity contribution is -0.123. The maximum absolute atomic E-state index is 12.6. The molecule has 0 radical (unpaired) electrons. The summed E-state index contributed by atoms with van der Waals surface area (Å²) in [5, 5.41) is 3.08. The van der Waals surface area contributed by atoms with Crippen molar-refractivity contribution < 1.29 is 9.53 Å². The molecule has 6 nitrogen and oxygen atoms in total. The molecule has 0 saturated heterocycles. The number of amides is 1. The van der Waals surface area contributed by atoms with E-state index >= 15 is 0 Å². The summed E-state index contributed by atoms with van der Waals surface area (Å²) in [6, 6.07) is 0.145. The average Bonchev–Trinajstić information content (AvgIpc) is 2.60. The van der Waals surface area contributed by atoms with E-state index in [1.54, 1.807) is 13.1 Å². The van der Waals surface area contributed by atoms with Crippen LogP contribution in [-0.4, -0.2) is 29.6 Å². The largest absolute Gasteiger partial charge is 0.398 e. The molecule has 1 aliphatic rings. The van der Waals surface area contributed by atoms with E-state index < -0.39 is 5.92 Å². The van der Waals surface area contributed by atoms with Crippen molar-refractivity contribution in [3.05, 3.63) is 27.7 Å². The highest BCUT2D eigenvalue weighted by Gasteiger charge is 2.27. The van der Waals surface area contributed by atoms with Crippen LogP contribution in [-0.2, 0) is 9.53 Å². The molecule has 4 N–H and O–H groups in total. The zero-order valence-electron chi connectivity index (χ0n) is 15.6. The van der Waals surface area contributed by atoms with E-state index in [0.717, 1.165) is 50.7 Å². The van der Waals surface area contributed by atoms with Crippen LogP contribution in [0.15, 0.2) is 11.0 Å². The number of pyridine rings is 1. The molecule has 1 atom stereocenters. The monoisotopic (exact) mass is 349 g/mol. The van der Waals surface area contributed by atoms with Gasteiger partial charge in [-0.2, -0.15) is 0 Å². The smallest absolute Gasteiger partial charge is 0.254 e. The van der Waals surface area contributed by atoms with Crippen molar-refractivity contribution in [1.82, 2.24) is 10.3 Å². The fraction of sp³-hybridized carbons (Fsp3) is 0.684. The summed E-state index contributed by atoms with van der Waals surface area (Å²) in [6.07, 6.45) is 7.89. The SMILES string of the molecule is CCCCOC1CCC(NC(=O)C(C)c2c(N)c(C)c[nH]c2=O)CC1. The van der Waals surface area contributed by atoms with Crippen molar-refractivity contribution in [1.29, 1.82) is 0 Å². The first kappa shape index (κ1) is 19.5. The lowest BCUT2D eigenvalue weighted by Crippen LogP contribution is -2.41. The van der Waals surface area contributed by atoms with Gasteiger partial charge >= 0.3 is 0 Å². The maximum Gasteiger partial charge on any atom is 0.254 e. The number of aromatic nitrogens is 1. The molecule has 1 aromatic rings. The van der Waals surface area contributed by atoms with Gasteiger partial charge in [-0.3, -0.25) is 9.59 Å². The van der Waals surface area contributed by atoms with E-state index in [4.69, 9.17) is 10.5 Å². The second-order valence-electron chi connectivity index (χ2n) is 7.06. The molecule has 6 heteroatoms. The van der Waals surface area contributed by atoms with Gasteiger partial charge in [-0.1, -0.05) is 13.3 Å². The number of carbonyl (C=O) groups is 1. The number of aromatic amines is 1. The van der Waals surface area contributed by atoms with Crippen LogP contribution in [0.1, 0.15) is 69.4 Å². The molecule has 1 saturated carbocycles. The normalized spacial score (nSPS) is 21.7. The Morgan fingerprint density at radius 1 is 1.40 bits per heavy atom. The lowest BCUT2D eigenvalue weighted by atomic mass is 9.91. The molecular formula is C19H31N3O3. The number of unbranched alkanes of at least 4 members (excludes halogenated alkanes) is 1. The number of ether oxygens (including phenoxy) is 1. The van der Waals surface area contributed by atoms with Crippen LogP contribution in [0, 0.1) is 6.92 Å². The van der Waals surface area contributed by atoms with Crippen molar-refractivity contribution >= 4 is 11.6 Å². The lowest BCUT2D eigenvalue weighted by Gasteiger charge is -2.30. The average molecular weight is 349 g/mol. The number of aryl methyl sites for hydroxylation is 1. The van der Waals surface area contributed by atoms with Crippen LogP contribution in [0.3, 0.4) is 0 Å². The molecule has 1 amide bonds. The minimum Gasteiger partial charge on any atom is -0.398 e. The summed E-state index contributed by atoms with van der Waals surface area (Å²) in [6.45, 7) is 6.53. The van der Waals surface area contributed by atoms with Gasteiger partial charge in [0.25, 0.3) is 5.56 Å². The van der Waals surface area contributed by atoms with Gasteiger partial charge < -0.3 is 20.8 Å². The molecule has 140 valence electrons. The highest BCUT2D eigenvalue weighted by Crippen LogP contribution is 2.24. The van der Waals surface area contributed by atoms with E-state index in [1.807, 2.05) is 6.92 Å². The van der Waals surface area contributed by atoms with Gasteiger partial charge in [-0.15, -0.1) is 0 Å². The molecule has 1 heterocycles. The Bertz CT molecular complexity index is 633. The van der Waals surface area contributed by atoms with Crippen molar-refractivity contribution in [3.63, 3.8) is 0 Å². The Hall–Kier alpha value is -1.82. The van der Waals surface area contributed by atoms with Crippen LogP contribution in [0.5, 0.6) is 0 Å². The van der Waals surface area contributed by atoms with Gasteiger partial charge in [0.1, 0.15) is 0 Å². The van der Waals surface area contributed by atoms with Crippen molar-refractivity contribution in [3.8, 4) is 0 Å². The quantitative estimate of drug-likeness (QED) is 0.659. The van der Waals surface area contributed by atoms with Crippen molar-refractivity contribution in [2.75, 3.05) is 12.3 Å². The first-order valence-electron chi connectivity index (χ1n) is 9.33. The zero-order chi connectivity index (χ0) is 18.4. The van der Waals surface area contributed by atoms with Gasteiger partial charge in [0, 0.05) is 24.5 Å². The number of rotatable bonds is 7. The Labute approximate surface area is 149 Å². The predicted octanol–water partition coefficient (Wildman–Crippen LogP) is 2.61. The summed E-state index contributed by atoms with van der Waals surface area (Å²) < 4.78 is 5.86. The fourth-order valence-corrected chi connectivity index (χ4v) is 3.32. The zero-order valence-corrected chi connectivity index (χ0v) is 15.6. The standard InChI is InChI=1S/C19H31N3O3/c1-4-5-10-25-15-8-6-14(7-9-15)22-18(23)13(3)16-17(20)12(2)11-21-19(16)24/h11,13-15H,4-10H2,1-3H3,(H,22,23)(H3,20,21,24). The number of nitrogens with one attached hydrogen (secondary N) is 2. The van der Waals surface area contributed by atoms with Crippen molar-refractivity contribution in [2.24, 2.45) is 0 Å². The van der Waals surface area contributed by atoms with E-state index in [2.05, 4.69) is 17.2 Å². The molecule has 1 aromatic heterocycles. The molecule has 2 rings (SSSR count). The summed E-state index contributed by atoms with van der Waals surface area (Å²) in [5.74, 6) is -0.708. The van der Waals surface area contributed by atoms with E-state index in [1.165, 1.54) is 0 Å². The number of H-pyrrole nitrogens is 1. The first-order chi connectivity index (χ1) is 11.9. The van der Waals surface area contributed by atoms with E-state index in [9.17, 15) is 9.59 Å². The fourth-order valence-electron chi connectivity index (χ4n) is 3.32. The molecule has 1 aliphatic carbocycles. The van der Waals surface area contributed by atoms with E-state index in [0.29, 0.717) is 17.4 Å². The highest BCUT2D eigenvalue weighted by molar-refractivity contribution is 5.85. The minimum atomic E-state index is -0.567. The predicted molar refractivity (Wildman–Crippen MR) is 99.7 cm³/mol. The molecule has 0 aliphatic heterocycles. The molecule has 1 unspecified atom stereocenters. The summed E-state index contributed by atoms with van der Waals surface area (Å²) in [5.41, 5.74) is 7.26. The van der Waals surface area contributed by atoms with Crippen LogP contribution in [0.4, 0.5) is 5.69 Å². The summed E-state index contributed by atoms with van der Waals surface area (Å²) in [7, 11) is 0.